The van der Waals surface area contributed by atoms with E-state index in [1.807, 2.05) is 26.8 Å². The molecule has 0 aromatic heterocycles. The molecule has 0 aliphatic heterocycles. The van der Waals surface area contributed by atoms with Crippen molar-refractivity contribution in [1.29, 1.82) is 0 Å². The Morgan fingerprint density at radius 2 is 1.81 bits per heavy atom. The van der Waals surface area contributed by atoms with E-state index in [2.05, 4.69) is 38.2 Å². The van der Waals surface area contributed by atoms with Gasteiger partial charge in [0.25, 0.3) is 0 Å². The van der Waals surface area contributed by atoms with Crippen LogP contribution >= 0.6 is 0 Å². The molecule has 3 nitrogen and oxygen atoms in total. The van der Waals surface area contributed by atoms with Crippen molar-refractivity contribution in [1.82, 2.24) is 0 Å². The zero-order valence-corrected chi connectivity index (χ0v) is 21.0. The van der Waals surface area contributed by atoms with Gasteiger partial charge in [-0.25, -0.2) is 0 Å². The van der Waals surface area contributed by atoms with Gasteiger partial charge in [-0.15, -0.1) is 0 Å². The summed E-state index contributed by atoms with van der Waals surface area (Å²) in [5.74, 6) is 1.84. The minimum atomic E-state index is -0.639. The topological polar surface area (TPSA) is 60.7 Å². The van der Waals surface area contributed by atoms with Crippen molar-refractivity contribution in [2.24, 2.45) is 23.2 Å². The SMILES string of the molecule is CCC=C1C(O)CC(=C/C=C2\CCCC3(C)C2CCC3[C@H](C)/C=C/CC(C)(C)O)C[C@H]1O. The first kappa shape index (κ1) is 25.5. The van der Waals surface area contributed by atoms with Gasteiger partial charge in [0.2, 0.25) is 0 Å². The molecular weight excluding hydrogens is 396 g/mol. The van der Waals surface area contributed by atoms with Crippen molar-refractivity contribution < 1.29 is 15.3 Å². The lowest BCUT2D eigenvalue weighted by Crippen LogP contribution is -2.35. The van der Waals surface area contributed by atoms with Crippen molar-refractivity contribution in [2.75, 3.05) is 0 Å². The zero-order chi connectivity index (χ0) is 23.5. The van der Waals surface area contributed by atoms with E-state index in [0.717, 1.165) is 17.6 Å². The quantitative estimate of drug-likeness (QED) is 0.425. The highest BCUT2D eigenvalue weighted by molar-refractivity contribution is 5.30. The van der Waals surface area contributed by atoms with Gasteiger partial charge in [-0.1, -0.05) is 62.3 Å². The van der Waals surface area contributed by atoms with Crippen molar-refractivity contribution >= 4 is 0 Å². The first-order valence-electron chi connectivity index (χ1n) is 12.9. The summed E-state index contributed by atoms with van der Waals surface area (Å²) >= 11 is 0. The Hall–Kier alpha value is -1.16. The lowest BCUT2D eigenvalue weighted by Gasteiger charge is -2.44. The molecule has 3 fully saturated rings. The van der Waals surface area contributed by atoms with Crippen LogP contribution in [0.4, 0.5) is 0 Å². The van der Waals surface area contributed by atoms with E-state index >= 15 is 0 Å². The smallest absolute Gasteiger partial charge is 0.0812 e. The maximum absolute atomic E-state index is 10.5. The van der Waals surface area contributed by atoms with Gasteiger partial charge in [0.05, 0.1) is 17.8 Å². The molecule has 0 heterocycles. The van der Waals surface area contributed by atoms with Gasteiger partial charge in [0.1, 0.15) is 0 Å². The highest BCUT2D eigenvalue weighted by atomic mass is 16.3. The highest BCUT2D eigenvalue weighted by Crippen LogP contribution is 2.59. The summed E-state index contributed by atoms with van der Waals surface area (Å²) in [5, 5.41) is 31.0. The first-order chi connectivity index (χ1) is 15.0. The average molecular weight is 443 g/mol. The van der Waals surface area contributed by atoms with Gasteiger partial charge in [-0.3, -0.25) is 0 Å². The van der Waals surface area contributed by atoms with Crippen molar-refractivity contribution in [3.8, 4) is 0 Å². The molecule has 0 spiro atoms. The number of aliphatic hydroxyl groups is 3. The third-order valence-electron chi connectivity index (χ3n) is 8.38. The standard InChI is InChI=1S/C29H46O3/c1-6-9-23-26(30)18-21(19-27(23)31)12-13-22-11-8-17-29(5)24(14-15-25(22)29)20(2)10-7-16-28(3,4)32/h7,9-10,12-13,20,24-27,30-32H,6,8,11,14-19H2,1-5H3/b10-7+,21-12?,22-13+,23-9?/t20-,24?,25?,26-,27?,29?/m1/s1. The Morgan fingerprint density at radius 3 is 2.44 bits per heavy atom. The normalized spacial score (nSPS) is 38.7. The van der Waals surface area contributed by atoms with Gasteiger partial charge in [0, 0.05) is 0 Å². The van der Waals surface area contributed by atoms with Crippen LogP contribution in [0.3, 0.4) is 0 Å². The maximum atomic E-state index is 10.5. The zero-order valence-electron chi connectivity index (χ0n) is 21.0. The third kappa shape index (κ3) is 5.85. The fourth-order valence-corrected chi connectivity index (χ4v) is 6.76. The monoisotopic (exact) mass is 442 g/mol. The number of fused-ring (bicyclic) bond motifs is 1. The van der Waals surface area contributed by atoms with Crippen LogP contribution in [0.2, 0.25) is 0 Å². The molecule has 0 saturated heterocycles. The van der Waals surface area contributed by atoms with Crippen LogP contribution < -0.4 is 0 Å². The van der Waals surface area contributed by atoms with Gasteiger partial charge < -0.3 is 15.3 Å². The number of aliphatic hydroxyl groups excluding tert-OH is 2. The minimum absolute atomic E-state index is 0.337. The van der Waals surface area contributed by atoms with E-state index in [1.54, 1.807) is 5.57 Å². The Labute approximate surface area is 196 Å². The molecule has 3 rings (SSSR count). The van der Waals surface area contributed by atoms with Gasteiger partial charge >= 0.3 is 0 Å². The molecule has 3 aliphatic rings. The molecule has 6 atom stereocenters. The average Bonchev–Trinajstić information content (AvgIpc) is 3.05. The lowest BCUT2D eigenvalue weighted by atomic mass is 9.61. The fourth-order valence-electron chi connectivity index (χ4n) is 6.76. The molecule has 3 aliphatic carbocycles. The number of rotatable bonds is 6. The second kappa shape index (κ2) is 10.4. The maximum Gasteiger partial charge on any atom is 0.0812 e. The van der Waals surface area contributed by atoms with Gasteiger partial charge in [-0.2, -0.15) is 0 Å². The Morgan fingerprint density at radius 1 is 1.12 bits per heavy atom. The fraction of sp³-hybridized carbons (Fsp3) is 0.724. The van der Waals surface area contributed by atoms with E-state index in [4.69, 9.17) is 0 Å². The molecule has 3 N–H and O–H groups in total. The van der Waals surface area contributed by atoms with Crippen molar-refractivity contribution in [3.05, 3.63) is 47.1 Å². The van der Waals surface area contributed by atoms with E-state index in [0.29, 0.717) is 42.4 Å². The van der Waals surface area contributed by atoms with Crippen molar-refractivity contribution in [3.63, 3.8) is 0 Å². The van der Waals surface area contributed by atoms with E-state index in [9.17, 15) is 15.3 Å². The summed E-state index contributed by atoms with van der Waals surface area (Å²) in [7, 11) is 0. The van der Waals surface area contributed by atoms with E-state index in [-0.39, 0.29) is 0 Å². The molecule has 3 heteroatoms. The van der Waals surface area contributed by atoms with Crippen LogP contribution in [0, 0.1) is 23.2 Å². The molecule has 32 heavy (non-hydrogen) atoms. The van der Waals surface area contributed by atoms with Crippen LogP contribution in [0.1, 0.15) is 92.4 Å². The highest BCUT2D eigenvalue weighted by Gasteiger charge is 2.50. The minimum Gasteiger partial charge on any atom is -0.390 e. The second-order valence-electron chi connectivity index (χ2n) is 11.5. The molecule has 0 aromatic carbocycles. The molecule has 180 valence electrons. The van der Waals surface area contributed by atoms with Gasteiger partial charge in [-0.05, 0) is 100 Å². The Kier molecular flexibility index (Phi) is 8.28. The summed E-state index contributed by atoms with van der Waals surface area (Å²) in [6.07, 6.45) is 19.0. The first-order valence-corrected chi connectivity index (χ1v) is 12.9. The molecule has 0 radical (unpaired) electrons. The van der Waals surface area contributed by atoms with Crippen LogP contribution in [0.5, 0.6) is 0 Å². The summed E-state index contributed by atoms with van der Waals surface area (Å²) < 4.78 is 0. The Bertz CT molecular complexity index is 750. The molecule has 0 bridgehead atoms. The van der Waals surface area contributed by atoms with Crippen LogP contribution in [-0.4, -0.2) is 33.1 Å². The predicted octanol–water partition coefficient (Wildman–Crippen LogP) is 6.26. The third-order valence-corrected chi connectivity index (χ3v) is 8.38. The number of hydrogen-bond acceptors (Lipinski definition) is 3. The molecule has 0 amide bonds. The summed E-state index contributed by atoms with van der Waals surface area (Å²) in [6.45, 7) is 10.6. The van der Waals surface area contributed by atoms with E-state index in [1.165, 1.54) is 32.1 Å². The van der Waals surface area contributed by atoms with Gasteiger partial charge in [0.15, 0.2) is 0 Å². The van der Waals surface area contributed by atoms with Crippen LogP contribution in [0.25, 0.3) is 0 Å². The number of allylic oxidation sites excluding steroid dienone is 5. The van der Waals surface area contributed by atoms with Crippen LogP contribution in [-0.2, 0) is 0 Å². The molecule has 0 aromatic rings. The Balaban J connectivity index is 1.71. The second-order valence-corrected chi connectivity index (χ2v) is 11.5. The summed E-state index contributed by atoms with van der Waals surface area (Å²) in [5.41, 5.74) is 3.23. The largest absolute Gasteiger partial charge is 0.390 e. The summed E-state index contributed by atoms with van der Waals surface area (Å²) in [6, 6.07) is 0. The van der Waals surface area contributed by atoms with Crippen LogP contribution in [0.15, 0.2) is 47.1 Å². The molecular formula is C29H46O3. The van der Waals surface area contributed by atoms with E-state index < -0.39 is 17.8 Å². The molecule has 3 saturated carbocycles. The van der Waals surface area contributed by atoms with Crippen molar-refractivity contribution in [2.45, 2.75) is 110 Å². The number of hydrogen-bond donors (Lipinski definition) is 3. The predicted molar refractivity (Wildman–Crippen MR) is 133 cm³/mol. The summed E-state index contributed by atoms with van der Waals surface area (Å²) in [4.78, 5) is 0. The lowest BCUT2D eigenvalue weighted by molar-refractivity contribution is 0.0832. The molecule has 4 unspecified atom stereocenters.